The quantitative estimate of drug-likeness (QED) is 0.731. The Hall–Kier alpha value is -3.06. The van der Waals surface area contributed by atoms with Crippen molar-refractivity contribution in [3.8, 4) is 17.6 Å². The lowest BCUT2D eigenvalue weighted by molar-refractivity contribution is 0.479. The Bertz CT molecular complexity index is 816. The zero-order valence-corrected chi connectivity index (χ0v) is 12.2. The fourth-order valence-corrected chi connectivity index (χ4v) is 2.25. The fraction of sp³-hybridized carbons (Fsp3) is 0.111. The second kappa shape index (κ2) is 6.15. The third kappa shape index (κ3) is 2.99. The maximum Gasteiger partial charge on any atom is 0.165 e. The summed E-state index contributed by atoms with van der Waals surface area (Å²) in [6.45, 7) is 2.58. The van der Waals surface area contributed by atoms with E-state index in [2.05, 4.69) is 23.3 Å². The van der Waals surface area contributed by atoms with Crippen molar-refractivity contribution in [2.24, 2.45) is 0 Å². The van der Waals surface area contributed by atoms with Crippen molar-refractivity contribution in [2.45, 2.75) is 13.5 Å². The average molecular weight is 289 g/mol. The molecule has 0 amide bonds. The lowest BCUT2D eigenvalue weighted by Gasteiger charge is -2.06. The van der Waals surface area contributed by atoms with Crippen molar-refractivity contribution >= 4 is 0 Å². The molecule has 3 aromatic rings. The van der Waals surface area contributed by atoms with E-state index in [0.717, 1.165) is 5.56 Å². The van der Waals surface area contributed by atoms with Crippen LogP contribution in [0.25, 0.3) is 0 Å². The minimum Gasteiger partial charge on any atom is -0.453 e. The predicted molar refractivity (Wildman–Crippen MR) is 83.7 cm³/mol. The van der Waals surface area contributed by atoms with Crippen LogP contribution in [0.1, 0.15) is 16.7 Å². The molecule has 0 aliphatic rings. The molecule has 0 bridgehead atoms. The fourth-order valence-electron chi connectivity index (χ4n) is 2.25. The number of aryl methyl sites for hydroxylation is 1. The van der Waals surface area contributed by atoms with Crippen molar-refractivity contribution < 1.29 is 4.74 Å². The van der Waals surface area contributed by atoms with Gasteiger partial charge in [-0.2, -0.15) is 10.4 Å². The monoisotopic (exact) mass is 289 g/mol. The van der Waals surface area contributed by atoms with Crippen LogP contribution in [-0.2, 0) is 6.54 Å². The Morgan fingerprint density at radius 1 is 1.14 bits per heavy atom. The molecule has 108 valence electrons. The molecule has 1 aromatic heterocycles. The summed E-state index contributed by atoms with van der Waals surface area (Å²) in [5.41, 5.74) is 2.63. The van der Waals surface area contributed by atoms with Crippen molar-refractivity contribution in [2.75, 3.05) is 0 Å². The van der Waals surface area contributed by atoms with Crippen LogP contribution < -0.4 is 4.74 Å². The molecule has 0 spiro atoms. The van der Waals surface area contributed by atoms with Gasteiger partial charge in [0, 0.05) is 0 Å². The lowest BCUT2D eigenvalue weighted by atomic mass is 10.1. The second-order valence-corrected chi connectivity index (χ2v) is 5.02. The van der Waals surface area contributed by atoms with Gasteiger partial charge in [0.2, 0.25) is 0 Å². The van der Waals surface area contributed by atoms with E-state index >= 15 is 0 Å². The summed E-state index contributed by atoms with van der Waals surface area (Å²) in [6.07, 6.45) is 3.49. The Kier molecular flexibility index (Phi) is 3.88. The number of rotatable bonds is 4. The Morgan fingerprint density at radius 3 is 2.73 bits per heavy atom. The molecule has 0 saturated heterocycles. The summed E-state index contributed by atoms with van der Waals surface area (Å²) in [6, 6.07) is 17.8. The summed E-state index contributed by atoms with van der Waals surface area (Å²) in [7, 11) is 0. The summed E-state index contributed by atoms with van der Waals surface area (Å²) >= 11 is 0. The Morgan fingerprint density at radius 2 is 1.95 bits per heavy atom. The van der Waals surface area contributed by atoms with Crippen molar-refractivity contribution in [3.05, 3.63) is 77.6 Å². The zero-order valence-electron chi connectivity index (χ0n) is 12.2. The molecule has 0 atom stereocenters. The largest absolute Gasteiger partial charge is 0.453 e. The van der Waals surface area contributed by atoms with Crippen LogP contribution in [0.4, 0.5) is 0 Å². The number of benzene rings is 2. The van der Waals surface area contributed by atoms with E-state index in [4.69, 9.17) is 4.74 Å². The number of nitriles is 1. The Balaban J connectivity index is 1.78. The van der Waals surface area contributed by atoms with Crippen molar-refractivity contribution in [1.29, 1.82) is 5.26 Å². The first-order chi connectivity index (χ1) is 10.8. The molecule has 0 aliphatic heterocycles. The van der Waals surface area contributed by atoms with Gasteiger partial charge in [-0.15, -0.1) is 0 Å². The molecule has 0 N–H and O–H groups in total. The minimum atomic E-state index is 0.554. The van der Waals surface area contributed by atoms with Gasteiger partial charge in [-0.3, -0.25) is 4.68 Å². The van der Waals surface area contributed by atoms with Crippen LogP contribution in [0.3, 0.4) is 0 Å². The molecule has 0 saturated carbocycles. The van der Waals surface area contributed by atoms with Crippen molar-refractivity contribution in [1.82, 2.24) is 9.78 Å². The van der Waals surface area contributed by atoms with Gasteiger partial charge in [0.1, 0.15) is 11.8 Å². The molecule has 2 aromatic carbocycles. The standard InChI is InChI=1S/C18H15N3O/c1-14-6-5-9-18(17(14)10-19)22-16-11-20-21(13-16)12-15-7-3-2-4-8-15/h2-9,11,13H,12H2,1H3. The molecule has 1 heterocycles. The number of ether oxygens (including phenoxy) is 1. The molecule has 22 heavy (non-hydrogen) atoms. The van der Waals surface area contributed by atoms with E-state index in [9.17, 15) is 5.26 Å². The van der Waals surface area contributed by atoms with E-state index in [1.54, 1.807) is 12.3 Å². The summed E-state index contributed by atoms with van der Waals surface area (Å²) in [5.74, 6) is 1.18. The normalized spacial score (nSPS) is 10.2. The number of nitrogens with zero attached hydrogens (tertiary/aromatic N) is 3. The first-order valence-electron chi connectivity index (χ1n) is 7.00. The van der Waals surface area contributed by atoms with E-state index in [1.165, 1.54) is 5.56 Å². The molecule has 0 radical (unpaired) electrons. The average Bonchev–Trinajstić information content (AvgIpc) is 2.96. The molecule has 0 unspecified atom stereocenters. The highest BCUT2D eigenvalue weighted by Gasteiger charge is 2.08. The predicted octanol–water partition coefficient (Wildman–Crippen LogP) is 3.90. The van der Waals surface area contributed by atoms with Gasteiger partial charge in [0.25, 0.3) is 0 Å². The number of hydrogen-bond donors (Lipinski definition) is 0. The minimum absolute atomic E-state index is 0.554. The first kappa shape index (κ1) is 13.9. The lowest BCUT2D eigenvalue weighted by Crippen LogP contribution is -1.99. The van der Waals surface area contributed by atoms with E-state index in [1.807, 2.05) is 48.1 Å². The SMILES string of the molecule is Cc1cccc(Oc2cnn(Cc3ccccc3)c2)c1C#N. The maximum atomic E-state index is 9.23. The highest BCUT2D eigenvalue weighted by atomic mass is 16.5. The molecular weight excluding hydrogens is 274 g/mol. The van der Waals surface area contributed by atoms with Crippen LogP contribution in [-0.4, -0.2) is 9.78 Å². The highest BCUT2D eigenvalue weighted by Crippen LogP contribution is 2.26. The first-order valence-corrected chi connectivity index (χ1v) is 7.00. The third-order valence-electron chi connectivity index (χ3n) is 3.37. The third-order valence-corrected chi connectivity index (χ3v) is 3.37. The molecule has 0 aliphatic carbocycles. The van der Waals surface area contributed by atoms with Crippen molar-refractivity contribution in [3.63, 3.8) is 0 Å². The van der Waals surface area contributed by atoms with Crippen LogP contribution in [0.5, 0.6) is 11.5 Å². The highest BCUT2D eigenvalue weighted by molar-refractivity contribution is 5.49. The second-order valence-electron chi connectivity index (χ2n) is 5.02. The van der Waals surface area contributed by atoms with Crippen LogP contribution in [0.2, 0.25) is 0 Å². The van der Waals surface area contributed by atoms with Gasteiger partial charge in [-0.25, -0.2) is 0 Å². The smallest absolute Gasteiger partial charge is 0.165 e. The zero-order chi connectivity index (χ0) is 15.4. The number of hydrogen-bond acceptors (Lipinski definition) is 3. The van der Waals surface area contributed by atoms with Crippen LogP contribution in [0, 0.1) is 18.3 Å². The summed E-state index contributed by atoms with van der Waals surface area (Å²) < 4.78 is 7.61. The topological polar surface area (TPSA) is 50.8 Å². The van der Waals surface area contributed by atoms with Gasteiger partial charge in [0.15, 0.2) is 5.75 Å². The summed E-state index contributed by atoms with van der Waals surface area (Å²) in [4.78, 5) is 0. The van der Waals surface area contributed by atoms with Gasteiger partial charge in [-0.05, 0) is 24.1 Å². The van der Waals surface area contributed by atoms with E-state index in [0.29, 0.717) is 23.6 Å². The molecule has 4 nitrogen and oxygen atoms in total. The molecular formula is C18H15N3O. The van der Waals surface area contributed by atoms with Gasteiger partial charge < -0.3 is 4.74 Å². The van der Waals surface area contributed by atoms with E-state index in [-0.39, 0.29) is 0 Å². The number of aromatic nitrogens is 2. The Labute approximate surface area is 129 Å². The van der Waals surface area contributed by atoms with Crippen LogP contribution >= 0.6 is 0 Å². The van der Waals surface area contributed by atoms with E-state index < -0.39 is 0 Å². The maximum absolute atomic E-state index is 9.23. The van der Waals surface area contributed by atoms with Gasteiger partial charge in [-0.1, -0.05) is 42.5 Å². The van der Waals surface area contributed by atoms with Crippen LogP contribution in [0.15, 0.2) is 60.9 Å². The summed E-state index contributed by atoms with van der Waals surface area (Å²) in [5, 5.41) is 13.5. The van der Waals surface area contributed by atoms with Gasteiger partial charge in [0.05, 0.1) is 24.5 Å². The molecule has 4 heteroatoms. The molecule has 3 rings (SSSR count). The van der Waals surface area contributed by atoms with Gasteiger partial charge >= 0.3 is 0 Å². The molecule has 0 fully saturated rings.